The zero-order valence-corrected chi connectivity index (χ0v) is 12.7. The Morgan fingerprint density at radius 1 is 1.35 bits per heavy atom. The maximum atomic E-state index is 12.1. The van der Waals surface area contributed by atoms with Crippen LogP contribution >= 0.6 is 11.8 Å². The average molecular weight is 298 g/mol. The monoisotopic (exact) mass is 298 g/mol. The number of carbonyl (C=O) groups excluding carboxylic acids is 1. The van der Waals surface area contributed by atoms with Gasteiger partial charge in [-0.3, -0.25) is 9.36 Å². The highest BCUT2D eigenvalue weighted by Crippen LogP contribution is 2.16. The summed E-state index contributed by atoms with van der Waals surface area (Å²) in [6.45, 7) is 4.47. The molecule has 0 saturated carbocycles. The lowest BCUT2D eigenvalue weighted by atomic mass is 10.1. The molecule has 1 aliphatic heterocycles. The number of thioether (sulfide) groups is 1. The minimum atomic E-state index is -0.189. The van der Waals surface area contributed by atoms with Crippen molar-refractivity contribution in [3.05, 3.63) is 10.5 Å². The zero-order valence-electron chi connectivity index (χ0n) is 11.9. The third-order valence-electron chi connectivity index (χ3n) is 3.49. The maximum absolute atomic E-state index is 12.1. The number of carbonyl (C=O) groups is 1. The molecule has 2 heterocycles. The summed E-state index contributed by atoms with van der Waals surface area (Å²) in [7, 11) is 0. The van der Waals surface area contributed by atoms with Crippen molar-refractivity contribution in [1.29, 1.82) is 0 Å². The number of nitrogens with zero attached hydrogens (tertiary/aromatic N) is 3. The van der Waals surface area contributed by atoms with E-state index in [4.69, 9.17) is 0 Å². The van der Waals surface area contributed by atoms with E-state index >= 15 is 0 Å². The number of piperidine rings is 1. The number of likely N-dealkylation sites (tertiary alicyclic amines) is 1. The molecule has 1 fully saturated rings. The van der Waals surface area contributed by atoms with Gasteiger partial charge in [-0.25, -0.2) is 9.89 Å². The second-order valence-corrected chi connectivity index (χ2v) is 5.99. The van der Waals surface area contributed by atoms with Gasteiger partial charge in [-0.1, -0.05) is 25.1 Å². The number of nitrogens with one attached hydrogen (secondary N) is 1. The smallest absolute Gasteiger partial charge is 0.342 e. The first kappa shape index (κ1) is 15.2. The molecule has 1 aromatic rings. The van der Waals surface area contributed by atoms with Gasteiger partial charge in [0.25, 0.3) is 0 Å². The first-order valence-corrected chi connectivity index (χ1v) is 8.26. The molecule has 1 N–H and O–H groups in total. The van der Waals surface area contributed by atoms with Crippen LogP contribution in [0.5, 0.6) is 0 Å². The van der Waals surface area contributed by atoms with Gasteiger partial charge in [0.1, 0.15) is 0 Å². The average Bonchev–Trinajstić information content (AvgIpc) is 2.84. The van der Waals surface area contributed by atoms with Crippen LogP contribution in [0.3, 0.4) is 0 Å². The molecule has 0 unspecified atom stereocenters. The van der Waals surface area contributed by atoms with Gasteiger partial charge in [0.05, 0.1) is 5.75 Å². The van der Waals surface area contributed by atoms with Crippen molar-refractivity contribution in [2.75, 3.05) is 18.8 Å². The Bertz CT molecular complexity index is 491. The molecule has 7 heteroatoms. The Labute approximate surface area is 122 Å². The van der Waals surface area contributed by atoms with E-state index in [1.807, 2.05) is 4.90 Å². The van der Waals surface area contributed by atoms with E-state index in [1.54, 1.807) is 4.57 Å². The normalized spacial score (nSPS) is 15.6. The Hall–Kier alpha value is -1.24. The molecule has 0 atom stereocenters. The van der Waals surface area contributed by atoms with Crippen LogP contribution in [-0.4, -0.2) is 44.4 Å². The molecule has 0 radical (unpaired) electrons. The molecule has 0 spiro atoms. The maximum Gasteiger partial charge on any atom is 0.343 e. The number of unbranched alkanes of at least 4 members (excludes halogenated alkanes) is 1. The van der Waals surface area contributed by atoms with Gasteiger partial charge in [-0.15, -0.1) is 5.10 Å². The molecule has 0 aliphatic carbocycles. The largest absolute Gasteiger partial charge is 0.343 e. The third-order valence-corrected chi connectivity index (χ3v) is 4.45. The Morgan fingerprint density at radius 3 is 2.80 bits per heavy atom. The molecule has 1 amide bonds. The van der Waals surface area contributed by atoms with Crippen LogP contribution in [0.1, 0.15) is 39.0 Å². The minimum Gasteiger partial charge on any atom is -0.342 e. The van der Waals surface area contributed by atoms with E-state index < -0.39 is 0 Å². The van der Waals surface area contributed by atoms with Gasteiger partial charge in [0.15, 0.2) is 5.16 Å². The van der Waals surface area contributed by atoms with Crippen LogP contribution in [0.25, 0.3) is 0 Å². The van der Waals surface area contributed by atoms with E-state index in [2.05, 4.69) is 17.1 Å². The SMILES string of the molecule is CCCCn1c(SCC(=O)N2CCCCC2)n[nH]c1=O. The number of hydrogen-bond acceptors (Lipinski definition) is 4. The predicted octanol–water partition coefficient (Wildman–Crippen LogP) is 1.48. The van der Waals surface area contributed by atoms with Gasteiger partial charge in [-0.05, 0) is 25.7 Å². The van der Waals surface area contributed by atoms with E-state index in [0.29, 0.717) is 17.5 Å². The number of rotatable bonds is 6. The topological polar surface area (TPSA) is 71.0 Å². The van der Waals surface area contributed by atoms with Crippen LogP contribution in [0.2, 0.25) is 0 Å². The zero-order chi connectivity index (χ0) is 14.4. The highest BCUT2D eigenvalue weighted by Gasteiger charge is 2.18. The number of hydrogen-bond donors (Lipinski definition) is 1. The lowest BCUT2D eigenvalue weighted by Crippen LogP contribution is -2.36. The number of aromatic amines is 1. The van der Waals surface area contributed by atoms with Crippen LogP contribution in [0.15, 0.2) is 9.95 Å². The summed E-state index contributed by atoms with van der Waals surface area (Å²) in [6, 6.07) is 0. The number of H-pyrrole nitrogens is 1. The highest BCUT2D eigenvalue weighted by atomic mass is 32.2. The van der Waals surface area contributed by atoms with Crippen molar-refractivity contribution >= 4 is 17.7 Å². The van der Waals surface area contributed by atoms with E-state index in [9.17, 15) is 9.59 Å². The fourth-order valence-electron chi connectivity index (χ4n) is 2.29. The van der Waals surface area contributed by atoms with E-state index in [0.717, 1.165) is 38.8 Å². The van der Waals surface area contributed by atoms with Crippen LogP contribution in [0.4, 0.5) is 0 Å². The lowest BCUT2D eigenvalue weighted by Gasteiger charge is -2.26. The molecule has 1 aromatic heterocycles. The predicted molar refractivity (Wildman–Crippen MR) is 78.9 cm³/mol. The number of amides is 1. The summed E-state index contributed by atoms with van der Waals surface area (Å²) in [5.41, 5.74) is -0.189. The molecule has 6 nitrogen and oxygen atoms in total. The van der Waals surface area contributed by atoms with E-state index in [-0.39, 0.29) is 11.6 Å². The number of aromatic nitrogens is 3. The molecule has 1 saturated heterocycles. The quantitative estimate of drug-likeness (QED) is 0.808. The fraction of sp³-hybridized carbons (Fsp3) is 0.769. The standard InChI is InChI=1S/C13H22N4O2S/c1-2-3-9-17-12(19)14-15-13(17)20-10-11(18)16-7-5-4-6-8-16/h2-10H2,1H3,(H,14,19). The van der Waals surface area contributed by atoms with Gasteiger partial charge in [0.2, 0.25) is 5.91 Å². The van der Waals surface area contributed by atoms with Crippen molar-refractivity contribution in [1.82, 2.24) is 19.7 Å². The summed E-state index contributed by atoms with van der Waals surface area (Å²) in [5.74, 6) is 0.503. The van der Waals surface area contributed by atoms with Crippen molar-refractivity contribution in [2.24, 2.45) is 0 Å². The molecule has 20 heavy (non-hydrogen) atoms. The molecular weight excluding hydrogens is 276 g/mol. The summed E-state index contributed by atoms with van der Waals surface area (Å²) >= 11 is 1.35. The molecular formula is C13H22N4O2S. The van der Waals surface area contributed by atoms with Gasteiger partial charge in [0, 0.05) is 19.6 Å². The van der Waals surface area contributed by atoms with Crippen LogP contribution in [-0.2, 0) is 11.3 Å². The second-order valence-electron chi connectivity index (χ2n) is 5.05. The summed E-state index contributed by atoms with van der Waals surface area (Å²) in [4.78, 5) is 25.6. The lowest BCUT2D eigenvalue weighted by molar-refractivity contribution is -0.129. The highest BCUT2D eigenvalue weighted by molar-refractivity contribution is 7.99. The summed E-state index contributed by atoms with van der Waals surface area (Å²) < 4.78 is 1.62. The minimum absolute atomic E-state index is 0.146. The molecule has 2 rings (SSSR count). The first-order chi connectivity index (χ1) is 9.72. The van der Waals surface area contributed by atoms with Gasteiger partial charge in [-0.2, -0.15) is 0 Å². The molecule has 0 bridgehead atoms. The second kappa shape index (κ2) is 7.52. The van der Waals surface area contributed by atoms with Crippen molar-refractivity contribution in [3.8, 4) is 0 Å². The Balaban J connectivity index is 1.89. The molecule has 112 valence electrons. The Morgan fingerprint density at radius 2 is 2.10 bits per heavy atom. The first-order valence-electron chi connectivity index (χ1n) is 7.28. The van der Waals surface area contributed by atoms with Gasteiger partial charge < -0.3 is 4.90 Å². The summed E-state index contributed by atoms with van der Waals surface area (Å²) in [6.07, 6.45) is 5.37. The fourth-order valence-corrected chi connectivity index (χ4v) is 3.16. The van der Waals surface area contributed by atoms with Crippen molar-refractivity contribution in [2.45, 2.75) is 50.7 Å². The Kier molecular flexibility index (Phi) is 5.70. The third kappa shape index (κ3) is 3.88. The summed E-state index contributed by atoms with van der Waals surface area (Å²) in [5, 5.41) is 7.08. The van der Waals surface area contributed by atoms with Gasteiger partial charge >= 0.3 is 5.69 Å². The van der Waals surface area contributed by atoms with Crippen LogP contribution < -0.4 is 5.69 Å². The van der Waals surface area contributed by atoms with Crippen molar-refractivity contribution < 1.29 is 4.79 Å². The molecule has 0 aromatic carbocycles. The van der Waals surface area contributed by atoms with Crippen LogP contribution in [0, 0.1) is 0 Å². The van der Waals surface area contributed by atoms with Crippen molar-refractivity contribution in [3.63, 3.8) is 0 Å². The molecule has 1 aliphatic rings. The van der Waals surface area contributed by atoms with E-state index in [1.165, 1.54) is 18.2 Å².